The van der Waals surface area contributed by atoms with Crippen molar-refractivity contribution in [3.8, 4) is 0 Å². The third-order valence-electron chi connectivity index (χ3n) is 3.76. The van der Waals surface area contributed by atoms with Gasteiger partial charge in [0.2, 0.25) is 0 Å². The van der Waals surface area contributed by atoms with Crippen LogP contribution >= 0.6 is 11.6 Å². The first-order valence-corrected chi connectivity index (χ1v) is 8.50. The quantitative estimate of drug-likeness (QED) is 0.657. The van der Waals surface area contributed by atoms with Crippen LogP contribution in [0.2, 0.25) is 5.02 Å². The molecule has 0 unspecified atom stereocenters. The van der Waals surface area contributed by atoms with Crippen LogP contribution in [0.15, 0.2) is 66.9 Å². The molecule has 4 nitrogen and oxygen atoms in total. The lowest BCUT2D eigenvalue weighted by Crippen LogP contribution is -2.13. The van der Waals surface area contributed by atoms with Crippen LogP contribution in [0.5, 0.6) is 0 Å². The normalized spacial score (nSPS) is 10.4. The number of hydrogen-bond donors (Lipinski definition) is 2. The van der Waals surface area contributed by atoms with Crippen molar-refractivity contribution in [3.05, 3.63) is 88.8 Å². The topological polar surface area (TPSA) is 54.0 Å². The highest BCUT2D eigenvalue weighted by Gasteiger charge is 2.09. The largest absolute Gasteiger partial charge is 0.370 e. The van der Waals surface area contributed by atoms with Gasteiger partial charge >= 0.3 is 0 Å². The number of aromatic nitrogens is 1. The summed E-state index contributed by atoms with van der Waals surface area (Å²) in [4.78, 5) is 16.4. The van der Waals surface area contributed by atoms with Crippen LogP contribution in [0.4, 0.5) is 15.9 Å². The summed E-state index contributed by atoms with van der Waals surface area (Å²) in [6.45, 7) is 0.689. The number of anilines is 2. The van der Waals surface area contributed by atoms with Gasteiger partial charge in [0.15, 0.2) is 0 Å². The average molecular weight is 370 g/mol. The van der Waals surface area contributed by atoms with E-state index < -0.39 is 11.7 Å². The van der Waals surface area contributed by atoms with Crippen LogP contribution in [0.25, 0.3) is 0 Å². The summed E-state index contributed by atoms with van der Waals surface area (Å²) < 4.78 is 13.6. The van der Waals surface area contributed by atoms with Gasteiger partial charge in [-0.3, -0.25) is 4.79 Å². The Balaban J connectivity index is 1.54. The number of hydrogen-bond acceptors (Lipinski definition) is 3. The van der Waals surface area contributed by atoms with Gasteiger partial charge in [0.05, 0.1) is 11.3 Å². The Morgan fingerprint density at radius 1 is 1.08 bits per heavy atom. The number of para-hydroxylation sites is 1. The third-order valence-corrected chi connectivity index (χ3v) is 3.99. The Kier molecular flexibility index (Phi) is 5.81. The zero-order chi connectivity index (χ0) is 18.4. The van der Waals surface area contributed by atoms with Crippen molar-refractivity contribution < 1.29 is 9.18 Å². The van der Waals surface area contributed by atoms with E-state index in [9.17, 15) is 9.18 Å². The van der Waals surface area contributed by atoms with Crippen LogP contribution < -0.4 is 10.6 Å². The Morgan fingerprint density at radius 3 is 2.65 bits per heavy atom. The second-order valence-electron chi connectivity index (χ2n) is 5.67. The van der Waals surface area contributed by atoms with Gasteiger partial charge in [0.25, 0.3) is 5.91 Å². The van der Waals surface area contributed by atoms with Gasteiger partial charge in [-0.2, -0.15) is 0 Å². The molecule has 0 atom stereocenters. The minimum absolute atomic E-state index is 0.140. The van der Waals surface area contributed by atoms with Gasteiger partial charge in [0, 0.05) is 17.8 Å². The van der Waals surface area contributed by atoms with E-state index in [0.717, 1.165) is 12.0 Å². The van der Waals surface area contributed by atoms with E-state index in [1.807, 2.05) is 24.3 Å². The number of carbonyl (C=O) groups excluding carboxylic acids is 1. The first-order chi connectivity index (χ1) is 12.6. The predicted octanol–water partition coefficient (Wildman–Crippen LogP) is 4.78. The molecule has 0 aliphatic heterocycles. The maximum absolute atomic E-state index is 13.6. The van der Waals surface area contributed by atoms with E-state index in [1.54, 1.807) is 24.3 Å². The molecule has 6 heteroatoms. The molecule has 0 spiro atoms. The summed E-state index contributed by atoms with van der Waals surface area (Å²) in [6.07, 6.45) is 2.26. The van der Waals surface area contributed by atoms with E-state index in [4.69, 9.17) is 11.6 Å². The minimum Gasteiger partial charge on any atom is -0.370 e. The molecular formula is C20H17ClFN3O. The van der Waals surface area contributed by atoms with Gasteiger partial charge in [-0.05, 0) is 48.4 Å². The van der Waals surface area contributed by atoms with Gasteiger partial charge in [-0.15, -0.1) is 0 Å². The number of rotatable bonds is 6. The number of pyridine rings is 1. The Hall–Kier alpha value is -2.92. The summed E-state index contributed by atoms with van der Waals surface area (Å²) in [6, 6.07) is 17.1. The molecule has 1 amide bonds. The van der Waals surface area contributed by atoms with E-state index >= 15 is 0 Å². The van der Waals surface area contributed by atoms with Gasteiger partial charge in [-0.1, -0.05) is 35.9 Å². The molecule has 0 saturated carbocycles. The van der Waals surface area contributed by atoms with E-state index in [2.05, 4.69) is 15.6 Å². The van der Waals surface area contributed by atoms with Crippen LogP contribution in [-0.4, -0.2) is 17.4 Å². The van der Waals surface area contributed by atoms with Crippen molar-refractivity contribution in [2.75, 3.05) is 17.2 Å². The molecule has 2 N–H and O–H groups in total. The number of halogens is 2. The van der Waals surface area contributed by atoms with E-state index in [-0.39, 0.29) is 5.69 Å². The second kappa shape index (κ2) is 8.45. The highest BCUT2D eigenvalue weighted by molar-refractivity contribution is 6.30. The summed E-state index contributed by atoms with van der Waals surface area (Å²) >= 11 is 5.96. The third kappa shape index (κ3) is 4.80. The van der Waals surface area contributed by atoms with Crippen molar-refractivity contribution in [3.63, 3.8) is 0 Å². The zero-order valence-electron chi connectivity index (χ0n) is 13.9. The molecule has 2 aromatic carbocycles. The highest BCUT2D eigenvalue weighted by atomic mass is 35.5. The summed E-state index contributed by atoms with van der Waals surface area (Å²) in [5.41, 5.74) is 1.63. The number of nitrogens with one attached hydrogen (secondary N) is 2. The smallest absolute Gasteiger partial charge is 0.257 e. The van der Waals surface area contributed by atoms with Gasteiger partial charge < -0.3 is 10.6 Å². The van der Waals surface area contributed by atoms with Gasteiger partial charge in [-0.25, -0.2) is 9.37 Å². The van der Waals surface area contributed by atoms with Gasteiger partial charge in [0.1, 0.15) is 11.6 Å². The van der Waals surface area contributed by atoms with Crippen LogP contribution in [-0.2, 0) is 6.42 Å². The Morgan fingerprint density at radius 2 is 1.92 bits per heavy atom. The molecule has 0 aliphatic carbocycles. The van der Waals surface area contributed by atoms with Crippen LogP contribution in [0.3, 0.4) is 0 Å². The summed E-state index contributed by atoms with van der Waals surface area (Å²) in [5, 5.41) is 6.43. The average Bonchev–Trinajstić information content (AvgIpc) is 2.64. The number of carbonyl (C=O) groups is 1. The zero-order valence-corrected chi connectivity index (χ0v) is 14.6. The molecule has 0 saturated heterocycles. The molecule has 26 heavy (non-hydrogen) atoms. The molecule has 3 aromatic rings. The first kappa shape index (κ1) is 17.9. The van der Waals surface area contributed by atoms with Crippen LogP contribution in [0.1, 0.15) is 15.9 Å². The molecule has 1 aromatic heterocycles. The number of amides is 1. The highest BCUT2D eigenvalue weighted by Crippen LogP contribution is 2.15. The number of benzene rings is 2. The lowest BCUT2D eigenvalue weighted by Gasteiger charge is -2.08. The molecule has 0 fully saturated rings. The molecule has 0 bridgehead atoms. The SMILES string of the molecule is O=C(Nc1ccccc1F)c1ccc(NCCc2cccc(Cl)c2)nc1. The molecule has 132 valence electrons. The van der Waals surface area contributed by atoms with Crippen molar-refractivity contribution in [1.82, 2.24) is 4.98 Å². The fraction of sp³-hybridized carbons (Fsp3) is 0.100. The second-order valence-corrected chi connectivity index (χ2v) is 6.11. The lowest BCUT2D eigenvalue weighted by atomic mass is 10.1. The standard InChI is InChI=1S/C20H17ClFN3O/c21-16-5-3-4-14(12-16)10-11-23-19-9-8-15(13-24-19)20(26)25-18-7-2-1-6-17(18)22/h1-9,12-13H,10-11H2,(H,23,24)(H,25,26). The Bertz CT molecular complexity index is 900. The van der Waals surface area contributed by atoms with E-state index in [1.165, 1.54) is 18.3 Å². The summed E-state index contributed by atoms with van der Waals surface area (Å²) in [5.74, 6) is -0.226. The fourth-order valence-corrected chi connectivity index (χ4v) is 2.63. The monoisotopic (exact) mass is 369 g/mol. The molecule has 0 aliphatic rings. The lowest BCUT2D eigenvalue weighted by molar-refractivity contribution is 0.102. The number of nitrogens with zero attached hydrogens (tertiary/aromatic N) is 1. The van der Waals surface area contributed by atoms with Crippen molar-refractivity contribution in [1.29, 1.82) is 0 Å². The summed E-state index contributed by atoms with van der Waals surface area (Å²) in [7, 11) is 0. The Labute approximate surface area is 156 Å². The van der Waals surface area contributed by atoms with E-state index in [0.29, 0.717) is 22.9 Å². The maximum Gasteiger partial charge on any atom is 0.257 e. The fourth-order valence-electron chi connectivity index (χ4n) is 2.42. The first-order valence-electron chi connectivity index (χ1n) is 8.12. The molecule has 0 radical (unpaired) electrons. The predicted molar refractivity (Wildman–Crippen MR) is 102 cm³/mol. The molecular weight excluding hydrogens is 353 g/mol. The minimum atomic E-state index is -0.479. The van der Waals surface area contributed by atoms with Crippen molar-refractivity contribution >= 4 is 29.0 Å². The van der Waals surface area contributed by atoms with Crippen molar-refractivity contribution in [2.45, 2.75) is 6.42 Å². The molecule has 1 heterocycles. The van der Waals surface area contributed by atoms with Crippen molar-refractivity contribution in [2.24, 2.45) is 0 Å². The molecule has 3 rings (SSSR count). The maximum atomic E-state index is 13.6. The van der Waals surface area contributed by atoms with Crippen LogP contribution in [0, 0.1) is 5.82 Å².